The van der Waals surface area contributed by atoms with Crippen LogP contribution in [0.1, 0.15) is 17.3 Å². The predicted octanol–water partition coefficient (Wildman–Crippen LogP) is 3.81. The minimum atomic E-state index is -0.0106. The van der Waals surface area contributed by atoms with Gasteiger partial charge in [-0.15, -0.1) is 0 Å². The highest BCUT2D eigenvalue weighted by Gasteiger charge is 2.03. The summed E-state index contributed by atoms with van der Waals surface area (Å²) in [6.45, 7) is 1.50. The van der Waals surface area contributed by atoms with E-state index >= 15 is 0 Å². The van der Waals surface area contributed by atoms with Crippen LogP contribution in [0.25, 0.3) is 0 Å². The van der Waals surface area contributed by atoms with E-state index in [0.717, 1.165) is 0 Å². The molecule has 0 aromatic heterocycles. The fourth-order valence-electron chi connectivity index (χ4n) is 1.48. The number of rotatable bonds is 3. The van der Waals surface area contributed by atoms with Crippen molar-refractivity contribution in [1.29, 1.82) is 0 Å². The van der Waals surface area contributed by atoms with Gasteiger partial charge in [0.15, 0.2) is 5.78 Å². The van der Waals surface area contributed by atoms with Crippen LogP contribution < -0.4 is 0 Å². The van der Waals surface area contributed by atoms with Gasteiger partial charge in [-0.3, -0.25) is 4.79 Å². The maximum atomic E-state index is 11.7. The van der Waals surface area contributed by atoms with Crippen molar-refractivity contribution < 1.29 is 9.66 Å². The van der Waals surface area contributed by atoms with Gasteiger partial charge in [0.25, 0.3) is 0 Å². The van der Waals surface area contributed by atoms with E-state index in [1.807, 2.05) is 6.07 Å². The van der Waals surface area contributed by atoms with Crippen LogP contribution in [-0.4, -0.2) is 10.6 Å². The zero-order valence-electron chi connectivity index (χ0n) is 9.91. The molecule has 0 fully saturated rings. The van der Waals surface area contributed by atoms with Crippen molar-refractivity contribution in [3.63, 3.8) is 0 Å². The summed E-state index contributed by atoms with van der Waals surface area (Å²) in [6.07, 6.45) is 0. The highest BCUT2D eigenvalue weighted by atomic mass is 16.5. The first-order valence-electron chi connectivity index (χ1n) is 5.52. The third kappa shape index (κ3) is 2.79. The molecule has 0 aliphatic rings. The molecule has 2 rings (SSSR count). The monoisotopic (exact) mass is 240 g/mol. The molecule has 4 heteroatoms. The molecule has 90 valence electrons. The Morgan fingerprint density at radius 1 is 1.06 bits per heavy atom. The van der Waals surface area contributed by atoms with Gasteiger partial charge in [0.05, 0.1) is 0 Å². The Kier molecular flexibility index (Phi) is 3.48. The second-order valence-corrected chi connectivity index (χ2v) is 3.81. The average molecular weight is 240 g/mol. The Bertz CT molecular complexity index is 575. The molecule has 0 N–H and O–H groups in total. The summed E-state index contributed by atoms with van der Waals surface area (Å²) in [5, 5.41) is 15.6. The molecule has 0 heterocycles. The molecule has 18 heavy (non-hydrogen) atoms. The van der Waals surface area contributed by atoms with Gasteiger partial charge in [-0.2, -0.15) is 0 Å². The van der Waals surface area contributed by atoms with Crippen molar-refractivity contribution in [2.24, 2.45) is 5.11 Å². The van der Waals surface area contributed by atoms with E-state index in [1.165, 1.54) is 6.92 Å². The molecule has 0 spiro atoms. The first-order valence-corrected chi connectivity index (χ1v) is 5.52. The van der Waals surface area contributed by atoms with E-state index in [4.69, 9.17) is 0 Å². The van der Waals surface area contributed by atoms with E-state index in [0.29, 0.717) is 21.8 Å². The molecule has 0 bridgehead atoms. The molecule has 2 aromatic rings. The van der Waals surface area contributed by atoms with Gasteiger partial charge >= 0.3 is 0 Å². The van der Waals surface area contributed by atoms with Crippen molar-refractivity contribution >= 4 is 17.2 Å². The highest BCUT2D eigenvalue weighted by molar-refractivity contribution is 5.94. The van der Waals surface area contributed by atoms with Crippen LogP contribution in [0.4, 0.5) is 11.4 Å². The van der Waals surface area contributed by atoms with Crippen LogP contribution >= 0.6 is 0 Å². The van der Waals surface area contributed by atoms with Crippen LogP contribution in [0.3, 0.4) is 0 Å². The standard InChI is InChI=1S/C14H12N2O2/c1-11(17)12-7-9-13(10-8-12)15-16(18)14-5-3-2-4-6-14/h2-10H,1H3. The van der Waals surface area contributed by atoms with Crippen LogP contribution in [0.2, 0.25) is 0 Å². The number of azo groups is 1. The van der Waals surface area contributed by atoms with Gasteiger partial charge in [-0.05, 0) is 31.2 Å². The normalized spacial score (nSPS) is 11.3. The molecule has 0 amide bonds. The minimum absolute atomic E-state index is 0.0106. The molecule has 0 saturated heterocycles. The smallest absolute Gasteiger partial charge is 0.244 e. The minimum Gasteiger partial charge on any atom is -0.594 e. The number of hydrogen-bond donors (Lipinski definition) is 0. The van der Waals surface area contributed by atoms with Gasteiger partial charge < -0.3 is 5.21 Å². The van der Waals surface area contributed by atoms with Crippen LogP contribution in [0, 0.1) is 5.21 Å². The predicted molar refractivity (Wildman–Crippen MR) is 68.3 cm³/mol. The number of carbonyl (C=O) groups is 1. The zero-order chi connectivity index (χ0) is 13.0. The summed E-state index contributed by atoms with van der Waals surface area (Å²) in [5.74, 6) is -0.0106. The van der Waals surface area contributed by atoms with Crippen LogP contribution in [0.15, 0.2) is 59.7 Å². The third-order valence-electron chi connectivity index (χ3n) is 2.46. The summed E-state index contributed by atoms with van der Waals surface area (Å²) in [7, 11) is 0. The van der Waals surface area contributed by atoms with Gasteiger partial charge in [0.1, 0.15) is 5.69 Å². The largest absolute Gasteiger partial charge is 0.594 e. The zero-order valence-corrected chi connectivity index (χ0v) is 9.91. The van der Waals surface area contributed by atoms with Crippen molar-refractivity contribution in [2.75, 3.05) is 0 Å². The lowest BCUT2D eigenvalue weighted by molar-refractivity contribution is -0.435. The highest BCUT2D eigenvalue weighted by Crippen LogP contribution is 2.17. The van der Waals surface area contributed by atoms with Gasteiger partial charge in [-0.1, -0.05) is 23.1 Å². The number of ketones is 1. The second-order valence-electron chi connectivity index (χ2n) is 3.81. The fourth-order valence-corrected chi connectivity index (χ4v) is 1.48. The summed E-state index contributed by atoms with van der Waals surface area (Å²) in [6, 6.07) is 15.3. The van der Waals surface area contributed by atoms with E-state index < -0.39 is 0 Å². The Hall–Kier alpha value is -2.49. The summed E-state index contributed by atoms with van der Waals surface area (Å²) < 4.78 is 0. The molecule has 0 saturated carbocycles. The first-order chi connectivity index (χ1) is 8.66. The van der Waals surface area contributed by atoms with Crippen molar-refractivity contribution in [3.8, 4) is 0 Å². The molecule has 0 unspecified atom stereocenters. The van der Waals surface area contributed by atoms with Crippen LogP contribution in [-0.2, 0) is 0 Å². The van der Waals surface area contributed by atoms with Gasteiger partial charge in [0, 0.05) is 22.8 Å². The third-order valence-corrected chi connectivity index (χ3v) is 2.46. The lowest BCUT2D eigenvalue weighted by Crippen LogP contribution is -1.91. The van der Waals surface area contributed by atoms with E-state index in [-0.39, 0.29) is 5.78 Å². The number of Topliss-reactive ketones (excluding diaryl/α,β-unsaturated/α-hetero) is 1. The maximum absolute atomic E-state index is 11.7. The van der Waals surface area contributed by atoms with Crippen molar-refractivity contribution in [2.45, 2.75) is 6.92 Å². The molecule has 0 aliphatic carbocycles. The second kappa shape index (κ2) is 5.23. The van der Waals surface area contributed by atoms with E-state index in [9.17, 15) is 10.0 Å². The number of nitrogens with zero attached hydrogens (tertiary/aromatic N) is 2. The lowest BCUT2D eigenvalue weighted by atomic mass is 10.1. The number of hydrogen-bond acceptors (Lipinski definition) is 3. The summed E-state index contributed by atoms with van der Waals surface area (Å²) in [4.78, 5) is 11.7. The quantitative estimate of drug-likeness (QED) is 0.354. The average Bonchev–Trinajstić information content (AvgIpc) is 2.40. The Morgan fingerprint density at radius 3 is 2.22 bits per heavy atom. The topological polar surface area (TPSA) is 55.5 Å². The van der Waals surface area contributed by atoms with E-state index in [1.54, 1.807) is 48.5 Å². The molecular formula is C14H12N2O2. The molecule has 0 radical (unpaired) electrons. The molecular weight excluding hydrogens is 228 g/mol. The maximum Gasteiger partial charge on any atom is 0.244 e. The Balaban J connectivity index is 2.25. The fraction of sp³-hybridized carbons (Fsp3) is 0.0714. The SMILES string of the molecule is CC(=O)c1ccc(N=[N+]([O-])c2ccccc2)cc1. The molecule has 4 nitrogen and oxygen atoms in total. The van der Waals surface area contributed by atoms with Gasteiger partial charge in [-0.25, -0.2) is 0 Å². The summed E-state index contributed by atoms with van der Waals surface area (Å²) >= 11 is 0. The first kappa shape index (κ1) is 12.0. The Labute approximate surface area is 105 Å². The van der Waals surface area contributed by atoms with Crippen molar-refractivity contribution in [3.05, 3.63) is 65.4 Å². The lowest BCUT2D eigenvalue weighted by Gasteiger charge is -1.99. The van der Waals surface area contributed by atoms with Crippen molar-refractivity contribution in [1.82, 2.24) is 0 Å². The molecule has 0 aliphatic heterocycles. The van der Waals surface area contributed by atoms with Crippen LogP contribution in [0.5, 0.6) is 0 Å². The molecule has 2 aromatic carbocycles. The number of benzene rings is 2. The number of carbonyl (C=O) groups excluding carboxylic acids is 1. The molecule has 0 atom stereocenters. The summed E-state index contributed by atoms with van der Waals surface area (Å²) in [5.41, 5.74) is 1.58. The van der Waals surface area contributed by atoms with E-state index in [2.05, 4.69) is 5.11 Å². The number of para-hydroxylation sites is 1. The van der Waals surface area contributed by atoms with Gasteiger partial charge in [0.2, 0.25) is 5.69 Å². The Morgan fingerprint density at radius 2 is 1.67 bits per heavy atom.